The Hall–Kier alpha value is -5.16. The molecule has 10 rings (SSSR count). The Balaban J connectivity index is 0.000000160. The van der Waals surface area contributed by atoms with Gasteiger partial charge in [-0.1, -0.05) is 109 Å². The van der Waals surface area contributed by atoms with E-state index in [4.69, 9.17) is 4.74 Å². The van der Waals surface area contributed by atoms with Gasteiger partial charge in [-0.15, -0.1) is 0 Å². The molecule has 0 unspecified atom stereocenters. The van der Waals surface area contributed by atoms with E-state index in [1.165, 1.54) is 112 Å². The summed E-state index contributed by atoms with van der Waals surface area (Å²) in [4.78, 5) is 0. The van der Waals surface area contributed by atoms with E-state index in [9.17, 15) is 5.11 Å². The van der Waals surface area contributed by atoms with Gasteiger partial charge in [0.15, 0.2) is 0 Å². The maximum atomic E-state index is 10.0. The summed E-state index contributed by atoms with van der Waals surface area (Å²) >= 11 is 0. The molecule has 0 heterocycles. The van der Waals surface area contributed by atoms with Crippen molar-refractivity contribution in [2.75, 3.05) is 33.3 Å². The van der Waals surface area contributed by atoms with Gasteiger partial charge in [-0.05, 0) is 219 Å². The number of nitrogens with one attached hydrogen (secondary N) is 2. The monoisotopic (exact) mass is 837 g/mol. The first kappa shape index (κ1) is 43.1. The smallest absolute Gasteiger partial charge is 0.119 e. The third kappa shape index (κ3) is 10.6. The predicted molar refractivity (Wildman–Crippen MR) is 261 cm³/mol. The SMILES string of the molecule is COc1ccc2c(c1)CC[C@H](c1ccccc1C)[C@@H]2c1ccc(CCNCC2CC2)cc1.Cc1ccccc1[C@H]1CCc2cc(O)ccc2[C@H]1c1ccc(CCNCC2CC2)cc1. The molecule has 4 aliphatic carbocycles. The van der Waals surface area contributed by atoms with Crippen LogP contribution in [0.1, 0.15) is 129 Å². The molecule has 6 aromatic rings. The van der Waals surface area contributed by atoms with Gasteiger partial charge in [0, 0.05) is 11.8 Å². The fraction of sp³-hybridized carbons (Fsp3) is 0.390. The lowest BCUT2D eigenvalue weighted by Crippen LogP contribution is -2.21. The summed E-state index contributed by atoms with van der Waals surface area (Å²) < 4.78 is 5.53. The first-order chi connectivity index (χ1) is 30.9. The van der Waals surface area contributed by atoms with Crippen LogP contribution in [0.15, 0.2) is 133 Å². The first-order valence-electron chi connectivity index (χ1n) is 24.1. The van der Waals surface area contributed by atoms with Crippen molar-refractivity contribution < 1.29 is 9.84 Å². The predicted octanol–water partition coefficient (Wildman–Crippen LogP) is 12.5. The molecule has 4 heteroatoms. The zero-order valence-electron chi connectivity index (χ0n) is 37.9. The van der Waals surface area contributed by atoms with Gasteiger partial charge in [0.2, 0.25) is 0 Å². The van der Waals surface area contributed by atoms with Crippen LogP contribution in [0.5, 0.6) is 11.5 Å². The van der Waals surface area contributed by atoms with Crippen LogP contribution in [-0.2, 0) is 25.7 Å². The molecule has 0 aliphatic heterocycles. The molecule has 2 fully saturated rings. The zero-order chi connectivity index (χ0) is 43.1. The standard InChI is InChI=1S/C30H35NO.C29H33NO/c1-21-5-3-4-6-27(21)29-15-13-25-19-26(32-2)14-16-28(25)30(29)24-11-9-22(10-12-24)17-18-31-20-23-7-8-23;1-20-4-2-3-5-26(20)28-14-12-24-18-25(31)13-15-27(24)29(28)23-10-8-21(9-11-23)16-17-30-19-22-6-7-22/h3-6,9-12,14,16,19,23,29-31H,7-8,13,15,17-18,20H2,1-2H3;2-5,8-11,13,15,18,22,28-31H,6-7,12,14,16-17,19H2,1H3/t29-,30-;28-,29-/m11/s1. The van der Waals surface area contributed by atoms with Crippen molar-refractivity contribution in [1.82, 2.24) is 10.6 Å². The van der Waals surface area contributed by atoms with Crippen molar-refractivity contribution in [3.05, 3.63) is 200 Å². The Kier molecular flexibility index (Phi) is 13.8. The number of ether oxygens (including phenoxy) is 1. The van der Waals surface area contributed by atoms with Crippen molar-refractivity contribution in [2.45, 2.75) is 102 Å². The molecule has 326 valence electrons. The molecule has 0 bridgehead atoms. The van der Waals surface area contributed by atoms with Gasteiger partial charge in [0.25, 0.3) is 0 Å². The number of phenols is 1. The number of hydrogen-bond acceptors (Lipinski definition) is 4. The highest BCUT2D eigenvalue weighted by atomic mass is 16.5. The number of aromatic hydroxyl groups is 1. The summed E-state index contributed by atoms with van der Waals surface area (Å²) in [6, 6.07) is 49.2. The normalized spacial score (nSPS) is 20.2. The number of phenolic OH excluding ortho intramolecular Hbond substituents is 1. The molecule has 0 saturated heterocycles. The molecule has 63 heavy (non-hydrogen) atoms. The molecule has 3 N–H and O–H groups in total. The quantitative estimate of drug-likeness (QED) is 0.0902. The average Bonchev–Trinajstić information content (AvgIpc) is 4.27. The van der Waals surface area contributed by atoms with Gasteiger partial charge in [-0.3, -0.25) is 0 Å². The largest absolute Gasteiger partial charge is 0.508 e. The molecule has 0 radical (unpaired) electrons. The minimum atomic E-state index is 0.326. The zero-order valence-corrected chi connectivity index (χ0v) is 37.9. The van der Waals surface area contributed by atoms with Crippen LogP contribution in [0.3, 0.4) is 0 Å². The maximum absolute atomic E-state index is 10.0. The second kappa shape index (κ2) is 20.1. The average molecular weight is 837 g/mol. The minimum absolute atomic E-state index is 0.326. The summed E-state index contributed by atoms with van der Waals surface area (Å²) in [5.41, 5.74) is 16.9. The fourth-order valence-corrected chi connectivity index (χ4v) is 10.7. The number of methoxy groups -OCH3 is 1. The molecular weight excluding hydrogens is 769 g/mol. The number of hydrogen-bond donors (Lipinski definition) is 3. The van der Waals surface area contributed by atoms with E-state index >= 15 is 0 Å². The van der Waals surface area contributed by atoms with E-state index in [-0.39, 0.29) is 0 Å². The second-order valence-corrected chi connectivity index (χ2v) is 19.2. The van der Waals surface area contributed by atoms with E-state index < -0.39 is 0 Å². The van der Waals surface area contributed by atoms with Gasteiger partial charge in [-0.2, -0.15) is 0 Å². The topological polar surface area (TPSA) is 53.5 Å². The molecule has 0 amide bonds. The summed E-state index contributed by atoms with van der Waals surface area (Å²) in [5.74, 6) is 4.90. The third-order valence-electron chi connectivity index (χ3n) is 14.7. The molecule has 0 spiro atoms. The maximum Gasteiger partial charge on any atom is 0.119 e. The molecule has 4 nitrogen and oxygen atoms in total. The Morgan fingerprint density at radius 2 is 0.968 bits per heavy atom. The van der Waals surface area contributed by atoms with E-state index in [1.54, 1.807) is 7.11 Å². The summed E-state index contributed by atoms with van der Waals surface area (Å²) in [6.45, 7) is 9.01. The number of benzene rings is 6. The van der Waals surface area contributed by atoms with Crippen LogP contribution in [0.25, 0.3) is 0 Å². The number of aryl methyl sites for hydroxylation is 4. The molecule has 6 aromatic carbocycles. The fourth-order valence-electron chi connectivity index (χ4n) is 10.7. The molecule has 4 atom stereocenters. The van der Waals surface area contributed by atoms with Gasteiger partial charge >= 0.3 is 0 Å². The highest BCUT2D eigenvalue weighted by Crippen LogP contribution is 2.49. The summed E-state index contributed by atoms with van der Waals surface area (Å²) in [7, 11) is 1.76. The minimum Gasteiger partial charge on any atom is -0.508 e. The number of fused-ring (bicyclic) bond motifs is 2. The first-order valence-corrected chi connectivity index (χ1v) is 24.1. The van der Waals surface area contributed by atoms with Crippen molar-refractivity contribution >= 4 is 0 Å². The van der Waals surface area contributed by atoms with Crippen LogP contribution >= 0.6 is 0 Å². The Morgan fingerprint density at radius 3 is 1.43 bits per heavy atom. The van der Waals surface area contributed by atoms with Crippen LogP contribution in [0, 0.1) is 25.7 Å². The van der Waals surface area contributed by atoms with Gasteiger partial charge in [0.1, 0.15) is 11.5 Å². The molecular formula is C59H68N2O2. The Morgan fingerprint density at radius 1 is 0.508 bits per heavy atom. The lowest BCUT2D eigenvalue weighted by molar-refractivity contribution is 0.412. The van der Waals surface area contributed by atoms with Gasteiger partial charge in [0.05, 0.1) is 7.11 Å². The lowest BCUT2D eigenvalue weighted by Gasteiger charge is -2.35. The van der Waals surface area contributed by atoms with E-state index in [2.05, 4.69) is 146 Å². The van der Waals surface area contributed by atoms with Crippen molar-refractivity contribution in [3.8, 4) is 11.5 Å². The summed E-state index contributed by atoms with van der Waals surface area (Å²) in [6.07, 6.45) is 12.2. The van der Waals surface area contributed by atoms with Crippen LogP contribution in [0.4, 0.5) is 0 Å². The molecule has 2 saturated carbocycles. The van der Waals surface area contributed by atoms with E-state index in [0.29, 0.717) is 29.4 Å². The van der Waals surface area contributed by atoms with Crippen LogP contribution in [-0.4, -0.2) is 38.4 Å². The Labute approximate surface area is 377 Å². The van der Waals surface area contributed by atoms with Crippen molar-refractivity contribution in [2.24, 2.45) is 11.8 Å². The van der Waals surface area contributed by atoms with Crippen LogP contribution in [0.2, 0.25) is 0 Å². The lowest BCUT2D eigenvalue weighted by atomic mass is 9.68. The van der Waals surface area contributed by atoms with E-state index in [1.807, 2.05) is 12.1 Å². The highest BCUT2D eigenvalue weighted by molar-refractivity contribution is 5.50. The van der Waals surface area contributed by atoms with Gasteiger partial charge in [-0.25, -0.2) is 0 Å². The third-order valence-corrected chi connectivity index (χ3v) is 14.7. The Bertz CT molecular complexity index is 2430. The molecule has 4 aliphatic rings. The second-order valence-electron chi connectivity index (χ2n) is 19.2. The van der Waals surface area contributed by atoms with E-state index in [0.717, 1.165) is 62.8 Å². The van der Waals surface area contributed by atoms with Gasteiger partial charge < -0.3 is 20.5 Å². The van der Waals surface area contributed by atoms with Crippen LogP contribution < -0.4 is 15.4 Å². The van der Waals surface area contributed by atoms with Crippen molar-refractivity contribution in [1.29, 1.82) is 0 Å². The highest BCUT2D eigenvalue weighted by Gasteiger charge is 2.34. The molecule has 0 aromatic heterocycles. The number of rotatable bonds is 15. The van der Waals surface area contributed by atoms with Crippen molar-refractivity contribution in [3.63, 3.8) is 0 Å². The summed E-state index contributed by atoms with van der Waals surface area (Å²) in [5, 5.41) is 17.3.